The second-order valence-electron chi connectivity index (χ2n) is 3.87. The van der Waals surface area contributed by atoms with Gasteiger partial charge < -0.3 is 0 Å². The fourth-order valence-corrected chi connectivity index (χ4v) is 1.85. The average molecular weight is 208 g/mol. The number of thiophene rings is 1. The molecule has 0 saturated carbocycles. The fraction of sp³-hybridized carbons (Fsp3) is 0.556. The lowest BCUT2D eigenvalue weighted by atomic mass is 9.95. The standard InChI is InChI=1S/C9H11F3S/c1-9(2,3)6-4-5(10)7(13-6)8(11)12/h4,8H,1-3H3. The SMILES string of the molecule is CC(C)(C)c1cc(F)c(C(F)F)s1. The predicted octanol–water partition coefficient (Wildman–Crippen LogP) is 4.12. The zero-order chi connectivity index (χ0) is 10.2. The lowest BCUT2D eigenvalue weighted by Gasteiger charge is -2.14. The highest BCUT2D eigenvalue weighted by molar-refractivity contribution is 7.12. The maximum atomic E-state index is 12.9. The topological polar surface area (TPSA) is 0 Å². The molecule has 0 radical (unpaired) electrons. The summed E-state index contributed by atoms with van der Waals surface area (Å²) in [7, 11) is 0. The van der Waals surface area contributed by atoms with E-state index < -0.39 is 17.1 Å². The third kappa shape index (κ3) is 2.24. The molecule has 0 unspecified atom stereocenters. The molecule has 1 heterocycles. The van der Waals surface area contributed by atoms with E-state index in [1.165, 1.54) is 6.07 Å². The molecule has 0 fully saturated rings. The van der Waals surface area contributed by atoms with E-state index in [-0.39, 0.29) is 5.41 Å². The molecule has 0 atom stereocenters. The number of hydrogen-bond donors (Lipinski definition) is 0. The third-order valence-corrected chi connectivity index (χ3v) is 3.19. The van der Waals surface area contributed by atoms with Gasteiger partial charge in [0.25, 0.3) is 6.43 Å². The Morgan fingerprint density at radius 2 is 1.85 bits per heavy atom. The van der Waals surface area contributed by atoms with Crippen LogP contribution in [0.25, 0.3) is 0 Å². The highest BCUT2D eigenvalue weighted by Gasteiger charge is 2.23. The molecule has 4 heteroatoms. The second-order valence-corrected chi connectivity index (χ2v) is 4.96. The van der Waals surface area contributed by atoms with E-state index in [2.05, 4.69) is 0 Å². The molecule has 0 N–H and O–H groups in total. The minimum Gasteiger partial charge on any atom is -0.206 e. The van der Waals surface area contributed by atoms with Crippen LogP contribution in [0.15, 0.2) is 6.07 Å². The van der Waals surface area contributed by atoms with Crippen molar-refractivity contribution in [3.05, 3.63) is 21.6 Å². The van der Waals surface area contributed by atoms with E-state index >= 15 is 0 Å². The molecule has 1 aromatic rings. The van der Waals surface area contributed by atoms with Crippen molar-refractivity contribution in [2.45, 2.75) is 32.6 Å². The van der Waals surface area contributed by atoms with Crippen LogP contribution in [0.3, 0.4) is 0 Å². The third-order valence-electron chi connectivity index (χ3n) is 1.65. The highest BCUT2D eigenvalue weighted by atomic mass is 32.1. The first-order valence-corrected chi connectivity index (χ1v) is 4.72. The molecule has 74 valence electrons. The van der Waals surface area contributed by atoms with Gasteiger partial charge in [-0.05, 0) is 11.5 Å². The number of alkyl halides is 2. The van der Waals surface area contributed by atoms with Crippen LogP contribution in [0.4, 0.5) is 13.2 Å². The zero-order valence-corrected chi connectivity index (χ0v) is 8.51. The Labute approximate surface area is 79.4 Å². The van der Waals surface area contributed by atoms with Crippen molar-refractivity contribution >= 4 is 11.3 Å². The monoisotopic (exact) mass is 208 g/mol. The summed E-state index contributed by atoms with van der Waals surface area (Å²) >= 11 is 0.850. The number of rotatable bonds is 1. The Balaban J connectivity index is 3.10. The lowest BCUT2D eigenvalue weighted by molar-refractivity contribution is 0.151. The molecule has 1 aromatic heterocycles. The number of halogens is 3. The maximum absolute atomic E-state index is 12.9. The van der Waals surface area contributed by atoms with Crippen molar-refractivity contribution in [3.8, 4) is 0 Å². The van der Waals surface area contributed by atoms with Crippen molar-refractivity contribution in [2.75, 3.05) is 0 Å². The van der Waals surface area contributed by atoms with Crippen molar-refractivity contribution in [1.29, 1.82) is 0 Å². The van der Waals surface area contributed by atoms with Crippen LogP contribution in [0.5, 0.6) is 0 Å². The van der Waals surface area contributed by atoms with Crippen LogP contribution in [0, 0.1) is 5.82 Å². The van der Waals surface area contributed by atoms with Crippen molar-refractivity contribution < 1.29 is 13.2 Å². The molecule has 0 saturated heterocycles. The maximum Gasteiger partial charge on any atom is 0.275 e. The number of hydrogen-bond acceptors (Lipinski definition) is 1. The summed E-state index contributed by atoms with van der Waals surface area (Å²) in [5, 5.41) is 0. The van der Waals surface area contributed by atoms with E-state index in [9.17, 15) is 13.2 Å². The molecule has 13 heavy (non-hydrogen) atoms. The van der Waals surface area contributed by atoms with Gasteiger partial charge in [0.05, 0.1) is 0 Å². The molecule has 0 amide bonds. The van der Waals surface area contributed by atoms with Crippen LogP contribution in [0.1, 0.15) is 37.0 Å². The van der Waals surface area contributed by atoms with E-state index in [4.69, 9.17) is 0 Å². The van der Waals surface area contributed by atoms with Gasteiger partial charge in [-0.3, -0.25) is 0 Å². The first-order chi connectivity index (χ1) is 5.82. The largest absolute Gasteiger partial charge is 0.275 e. The predicted molar refractivity (Wildman–Crippen MR) is 47.9 cm³/mol. The molecule has 0 aromatic carbocycles. The summed E-state index contributed by atoms with van der Waals surface area (Å²) < 4.78 is 37.3. The van der Waals surface area contributed by atoms with Gasteiger partial charge >= 0.3 is 0 Å². The van der Waals surface area contributed by atoms with Gasteiger partial charge in [0.15, 0.2) is 0 Å². The molecule has 0 spiro atoms. The molecule has 0 bridgehead atoms. The smallest absolute Gasteiger partial charge is 0.206 e. The lowest BCUT2D eigenvalue weighted by Crippen LogP contribution is -2.07. The second kappa shape index (κ2) is 3.33. The van der Waals surface area contributed by atoms with Gasteiger partial charge in [0.2, 0.25) is 0 Å². The van der Waals surface area contributed by atoms with Crippen molar-refractivity contribution in [2.24, 2.45) is 0 Å². The average Bonchev–Trinajstić information content (AvgIpc) is 2.29. The minimum absolute atomic E-state index is 0.265. The van der Waals surface area contributed by atoms with Gasteiger partial charge in [-0.2, -0.15) is 0 Å². The molecular weight excluding hydrogens is 197 g/mol. The van der Waals surface area contributed by atoms with Crippen LogP contribution in [-0.2, 0) is 5.41 Å². The fourth-order valence-electron chi connectivity index (χ4n) is 0.901. The zero-order valence-electron chi connectivity index (χ0n) is 7.70. The Morgan fingerprint density at radius 1 is 1.31 bits per heavy atom. The van der Waals surface area contributed by atoms with Crippen molar-refractivity contribution in [3.63, 3.8) is 0 Å². The van der Waals surface area contributed by atoms with E-state index in [1.54, 1.807) is 0 Å². The van der Waals surface area contributed by atoms with Crippen LogP contribution >= 0.6 is 11.3 Å². The van der Waals surface area contributed by atoms with Gasteiger partial charge in [0, 0.05) is 4.88 Å². The summed E-state index contributed by atoms with van der Waals surface area (Å²) in [5.74, 6) is -0.787. The van der Waals surface area contributed by atoms with E-state index in [0.717, 1.165) is 11.3 Å². The Bertz CT molecular complexity index is 296. The summed E-state index contributed by atoms with van der Waals surface area (Å²) in [4.78, 5) is 0.199. The van der Waals surface area contributed by atoms with E-state index in [0.29, 0.717) is 4.88 Å². The molecule has 0 aliphatic carbocycles. The van der Waals surface area contributed by atoms with Gasteiger partial charge in [0.1, 0.15) is 10.7 Å². The van der Waals surface area contributed by atoms with Crippen molar-refractivity contribution in [1.82, 2.24) is 0 Å². The molecule has 0 nitrogen and oxygen atoms in total. The first-order valence-electron chi connectivity index (χ1n) is 3.90. The van der Waals surface area contributed by atoms with Crippen LogP contribution in [-0.4, -0.2) is 0 Å². The first kappa shape index (κ1) is 10.6. The van der Waals surface area contributed by atoms with Gasteiger partial charge in [-0.15, -0.1) is 11.3 Å². The molecular formula is C9H11F3S. The molecule has 0 aliphatic rings. The van der Waals surface area contributed by atoms with Crippen LogP contribution < -0.4 is 0 Å². The highest BCUT2D eigenvalue weighted by Crippen LogP contribution is 2.36. The van der Waals surface area contributed by atoms with E-state index in [1.807, 2.05) is 20.8 Å². The van der Waals surface area contributed by atoms with Gasteiger partial charge in [-0.1, -0.05) is 20.8 Å². The van der Waals surface area contributed by atoms with Gasteiger partial charge in [-0.25, -0.2) is 13.2 Å². The summed E-state index contributed by atoms with van der Waals surface area (Å²) in [5.41, 5.74) is -0.265. The summed E-state index contributed by atoms with van der Waals surface area (Å²) in [6.07, 6.45) is -2.71. The minimum atomic E-state index is -2.71. The van der Waals surface area contributed by atoms with Crippen LogP contribution in [0.2, 0.25) is 0 Å². The normalized spacial score (nSPS) is 12.5. The molecule has 0 aliphatic heterocycles. The Kier molecular flexibility index (Phi) is 2.71. The molecule has 1 rings (SSSR count). The Morgan fingerprint density at radius 3 is 2.08 bits per heavy atom. The Hall–Kier alpha value is -0.510. The summed E-state index contributed by atoms with van der Waals surface area (Å²) in [6.45, 7) is 5.61. The summed E-state index contributed by atoms with van der Waals surface area (Å²) in [6, 6.07) is 1.20. The quantitative estimate of drug-likeness (QED) is 0.651.